The summed E-state index contributed by atoms with van der Waals surface area (Å²) in [4.78, 5) is 12.1. The van der Waals surface area contributed by atoms with Crippen molar-refractivity contribution in [2.24, 2.45) is 0 Å². The van der Waals surface area contributed by atoms with E-state index in [0.717, 1.165) is 27.1 Å². The molecule has 1 heterocycles. The molecule has 0 fully saturated rings. The van der Waals surface area contributed by atoms with Gasteiger partial charge in [-0.2, -0.15) is 0 Å². The lowest BCUT2D eigenvalue weighted by Crippen LogP contribution is -2.21. The lowest BCUT2D eigenvalue weighted by atomic mass is 9.87. The molecule has 0 aromatic heterocycles. The van der Waals surface area contributed by atoms with E-state index in [0.29, 0.717) is 22.7 Å². The highest BCUT2D eigenvalue weighted by Gasteiger charge is 2.24. The smallest absolute Gasteiger partial charge is 0.336 e. The molecule has 1 aliphatic rings. The molecule has 1 aliphatic heterocycles. The topological polar surface area (TPSA) is 72.5 Å². The van der Waals surface area contributed by atoms with Gasteiger partial charge in [-0.3, -0.25) is 0 Å². The van der Waals surface area contributed by atoms with Crippen LogP contribution in [0.25, 0.3) is 12.2 Å². The Balaban J connectivity index is 2.12. The van der Waals surface area contributed by atoms with Gasteiger partial charge < -0.3 is 15.6 Å². The fourth-order valence-corrected chi connectivity index (χ4v) is 3.56. The molecule has 0 bridgehead atoms. The second-order valence-electron chi connectivity index (χ2n) is 7.33. The second kappa shape index (κ2) is 6.57. The third-order valence-electron chi connectivity index (χ3n) is 5.02. The van der Waals surface area contributed by atoms with E-state index in [4.69, 9.17) is 10.5 Å². The number of benzene rings is 3. The van der Waals surface area contributed by atoms with Gasteiger partial charge in [-0.25, -0.2) is 4.79 Å². The quantitative estimate of drug-likeness (QED) is 0.537. The maximum Gasteiger partial charge on any atom is 0.336 e. The van der Waals surface area contributed by atoms with Crippen LogP contribution < -0.4 is 20.9 Å². The number of rotatable bonds is 3. The number of aromatic carboxylic acids is 1. The van der Waals surface area contributed by atoms with Gasteiger partial charge in [-0.15, -0.1) is 0 Å². The van der Waals surface area contributed by atoms with Crippen LogP contribution in [0.15, 0.2) is 54.6 Å². The van der Waals surface area contributed by atoms with Crippen LogP contribution in [-0.4, -0.2) is 11.1 Å². The molecule has 0 atom stereocenters. The average Bonchev–Trinajstić information content (AvgIpc) is 2.65. The first-order valence-electron chi connectivity index (χ1n) is 9.14. The molecule has 4 heteroatoms. The Morgan fingerprint density at radius 2 is 1.75 bits per heavy atom. The minimum Gasteiger partial charge on any atom is -0.478 e. The zero-order valence-corrected chi connectivity index (χ0v) is 15.8. The number of ether oxygens (including phenoxy) is 1. The van der Waals surface area contributed by atoms with Crippen molar-refractivity contribution in [2.45, 2.75) is 19.8 Å². The van der Waals surface area contributed by atoms with Crippen LogP contribution in [0.2, 0.25) is 0 Å². The standard InChI is InChI=1S/C24H21NO3/c1-13(2)15-5-8-17(20(11-15)24(26)27)23-18-7-4-14(3)10-21(18)28-22-12-16(25)6-9-19(22)23/h4-13H,3,25H2,1-2H3,(H,26,27). The monoisotopic (exact) mass is 371 g/mol. The van der Waals surface area contributed by atoms with Crippen molar-refractivity contribution in [3.05, 3.63) is 87.3 Å². The molecule has 28 heavy (non-hydrogen) atoms. The summed E-state index contributed by atoms with van der Waals surface area (Å²) < 4.78 is 6.06. The summed E-state index contributed by atoms with van der Waals surface area (Å²) in [7, 11) is 0. The first-order chi connectivity index (χ1) is 13.3. The molecule has 0 amide bonds. The van der Waals surface area contributed by atoms with E-state index < -0.39 is 5.97 Å². The largest absolute Gasteiger partial charge is 0.478 e. The molecule has 0 saturated carbocycles. The maximum absolute atomic E-state index is 12.1. The maximum atomic E-state index is 12.1. The Bertz CT molecular complexity index is 1230. The predicted octanol–water partition coefficient (Wildman–Crippen LogP) is 3.85. The van der Waals surface area contributed by atoms with E-state index in [2.05, 4.69) is 6.58 Å². The number of fused-ring (bicyclic) bond motifs is 2. The highest BCUT2D eigenvalue weighted by molar-refractivity contribution is 5.98. The van der Waals surface area contributed by atoms with Crippen LogP contribution in [-0.2, 0) is 0 Å². The predicted molar refractivity (Wildman–Crippen MR) is 111 cm³/mol. The van der Waals surface area contributed by atoms with Gasteiger partial charge in [-0.05, 0) is 46.5 Å². The third-order valence-corrected chi connectivity index (χ3v) is 5.02. The molecule has 0 saturated heterocycles. The van der Waals surface area contributed by atoms with E-state index >= 15 is 0 Å². The SMILES string of the molecule is C=c1ccc2c(c1)Oc1cc(N)ccc1C=2c1ccc(C(C)C)cc1C(=O)O. The number of hydrogen-bond acceptors (Lipinski definition) is 3. The Labute approximate surface area is 163 Å². The van der Waals surface area contributed by atoms with E-state index in [1.54, 1.807) is 18.2 Å². The van der Waals surface area contributed by atoms with Gasteiger partial charge in [0.1, 0.15) is 11.5 Å². The summed E-state index contributed by atoms with van der Waals surface area (Å²) in [5, 5.41) is 11.6. The molecule has 3 N–H and O–H groups in total. The normalized spacial score (nSPS) is 12.3. The fraction of sp³-hybridized carbons (Fsp3) is 0.125. The number of carboxylic acids is 1. The molecular weight excluding hydrogens is 350 g/mol. The molecule has 0 unspecified atom stereocenters. The summed E-state index contributed by atoms with van der Waals surface area (Å²) in [6.45, 7) is 8.06. The molecule has 0 radical (unpaired) electrons. The highest BCUT2D eigenvalue weighted by Crippen LogP contribution is 2.38. The molecule has 0 aliphatic carbocycles. The Morgan fingerprint density at radius 1 is 1.00 bits per heavy atom. The van der Waals surface area contributed by atoms with Crippen molar-refractivity contribution in [3.8, 4) is 11.5 Å². The summed E-state index contributed by atoms with van der Waals surface area (Å²) in [6, 6.07) is 16.7. The zero-order chi connectivity index (χ0) is 20.0. The molecule has 140 valence electrons. The van der Waals surface area contributed by atoms with Crippen LogP contribution in [0.3, 0.4) is 0 Å². The minimum atomic E-state index is -0.955. The van der Waals surface area contributed by atoms with Gasteiger partial charge in [-0.1, -0.05) is 44.7 Å². The van der Waals surface area contributed by atoms with Crippen LogP contribution in [0, 0.1) is 0 Å². The van der Waals surface area contributed by atoms with Crippen LogP contribution >= 0.6 is 0 Å². The van der Waals surface area contributed by atoms with Crippen molar-refractivity contribution in [1.82, 2.24) is 0 Å². The molecule has 4 nitrogen and oxygen atoms in total. The molecule has 3 aromatic carbocycles. The van der Waals surface area contributed by atoms with Gasteiger partial charge in [0.05, 0.1) is 5.56 Å². The first-order valence-corrected chi connectivity index (χ1v) is 9.14. The van der Waals surface area contributed by atoms with Crippen LogP contribution in [0.5, 0.6) is 11.5 Å². The van der Waals surface area contributed by atoms with E-state index in [9.17, 15) is 9.90 Å². The van der Waals surface area contributed by atoms with Crippen molar-refractivity contribution in [1.29, 1.82) is 0 Å². The Hall–Kier alpha value is -3.53. The van der Waals surface area contributed by atoms with Crippen molar-refractivity contribution >= 4 is 23.8 Å². The van der Waals surface area contributed by atoms with Crippen molar-refractivity contribution < 1.29 is 14.6 Å². The summed E-state index contributed by atoms with van der Waals surface area (Å²) in [5.74, 6) is 0.533. The van der Waals surface area contributed by atoms with E-state index in [1.165, 1.54) is 0 Å². The van der Waals surface area contributed by atoms with Crippen LogP contribution in [0.1, 0.15) is 46.8 Å². The number of anilines is 1. The van der Waals surface area contributed by atoms with Crippen molar-refractivity contribution in [2.75, 3.05) is 5.73 Å². The van der Waals surface area contributed by atoms with Gasteiger partial charge in [0.15, 0.2) is 0 Å². The number of carboxylic acid groups (broad SMARTS) is 1. The third kappa shape index (κ3) is 2.93. The molecule has 0 spiro atoms. The Morgan fingerprint density at radius 3 is 2.46 bits per heavy atom. The summed E-state index contributed by atoms with van der Waals surface area (Å²) >= 11 is 0. The summed E-state index contributed by atoms with van der Waals surface area (Å²) in [6.07, 6.45) is 0. The number of carbonyl (C=O) groups is 1. The lowest BCUT2D eigenvalue weighted by molar-refractivity contribution is 0.0696. The van der Waals surface area contributed by atoms with Crippen LogP contribution in [0.4, 0.5) is 5.69 Å². The van der Waals surface area contributed by atoms with E-state index in [1.807, 2.05) is 50.2 Å². The second-order valence-corrected chi connectivity index (χ2v) is 7.33. The molecule has 3 aromatic rings. The number of nitrogen functional groups attached to an aromatic ring is 1. The lowest BCUT2D eigenvalue weighted by Gasteiger charge is -2.23. The zero-order valence-electron chi connectivity index (χ0n) is 15.8. The molecular formula is C24H21NO3. The summed E-state index contributed by atoms with van der Waals surface area (Å²) in [5.41, 5.74) is 10.1. The van der Waals surface area contributed by atoms with Gasteiger partial charge in [0.2, 0.25) is 0 Å². The van der Waals surface area contributed by atoms with Gasteiger partial charge in [0, 0.05) is 28.1 Å². The number of nitrogens with two attached hydrogens (primary N) is 1. The molecule has 4 rings (SSSR count). The Kier molecular flexibility index (Phi) is 4.19. The first kappa shape index (κ1) is 17.9. The van der Waals surface area contributed by atoms with E-state index in [-0.39, 0.29) is 11.5 Å². The average molecular weight is 371 g/mol. The van der Waals surface area contributed by atoms with Gasteiger partial charge in [0.25, 0.3) is 0 Å². The van der Waals surface area contributed by atoms with Crippen molar-refractivity contribution in [3.63, 3.8) is 0 Å². The highest BCUT2D eigenvalue weighted by atomic mass is 16.5. The minimum absolute atomic E-state index is 0.236. The van der Waals surface area contributed by atoms with Gasteiger partial charge >= 0.3 is 5.97 Å². The fourth-order valence-electron chi connectivity index (χ4n) is 3.56. The number of hydrogen-bond donors (Lipinski definition) is 2.